The Morgan fingerprint density at radius 1 is 0.719 bits per heavy atom. The molecular weight excluding hydrogens is 809 g/mol. The fraction of sp³-hybridized carbons (Fsp3) is 0.893. The maximum atomic E-state index is 10.5. The van der Waals surface area contributed by atoms with Crippen LogP contribution in [-0.2, 0) is 79.6 Å². The number of hydrogen-bond donors (Lipinski definition) is 0. The first-order valence-corrected chi connectivity index (χ1v) is 12.5. The Kier molecular flexibility index (Phi) is 46.1. The molecule has 4 aliphatic carbocycles. The molecule has 4 heteroatoms. The number of hydrogen-bond acceptors (Lipinski definition) is 1. The van der Waals surface area contributed by atoms with E-state index in [0.29, 0.717) is 5.78 Å². The number of Topliss-reactive ketones (excluding diaryl/α,β-unsaturated/α-hetero) is 1. The average molecular weight is 867 g/mol. The van der Waals surface area contributed by atoms with Crippen LogP contribution in [0.3, 0.4) is 0 Å². The summed E-state index contributed by atoms with van der Waals surface area (Å²) in [4.78, 5) is 10.5. The molecule has 4 aliphatic rings. The van der Waals surface area contributed by atoms with Gasteiger partial charge in [0.25, 0.3) is 0 Å². The standard InChI is InChI=1S/C10H18.C6H10O.C5H10.C3H8.C2H6.2CH3.2W.Y/c1-2-6-10-8-4-3-7-9(10)5-1;7-6-4-2-1-3-5-6;1-5(2)3-4-5;1-3-2;1-2;;;;;/h9-10H,1-8H2;1-5H2;3-4H2,1-2H3;3H2,1-2H3;1-2H3;2*1H3;;;/q;;;;;2*-1;;+2;. The Morgan fingerprint density at radius 2 is 0.969 bits per heavy atom. The van der Waals surface area contributed by atoms with Gasteiger partial charge >= 0.3 is 21.1 Å². The van der Waals surface area contributed by atoms with Gasteiger partial charge < -0.3 is 14.9 Å². The molecule has 191 valence electrons. The quantitative estimate of drug-likeness (QED) is 0.222. The molecule has 0 heterocycles. The molecule has 0 amide bonds. The Morgan fingerprint density at radius 3 is 1.12 bits per heavy atom. The first-order chi connectivity index (χ1) is 13.0. The third-order valence-corrected chi connectivity index (χ3v) is 6.13. The zero-order chi connectivity index (χ0) is 20.5. The molecule has 4 saturated carbocycles. The minimum atomic E-state index is 0. The van der Waals surface area contributed by atoms with Crippen LogP contribution in [0.4, 0.5) is 0 Å². The molecule has 32 heavy (non-hydrogen) atoms. The summed E-state index contributed by atoms with van der Waals surface area (Å²) in [5.74, 6) is 2.77. The number of rotatable bonds is 0. The number of carbonyl (C=O) groups excluding carboxylic acids is 1. The van der Waals surface area contributed by atoms with E-state index in [9.17, 15) is 4.79 Å². The van der Waals surface area contributed by atoms with Crippen LogP contribution in [-0.4, -0.2) is 5.78 Å². The van der Waals surface area contributed by atoms with Crippen molar-refractivity contribution in [1.29, 1.82) is 0 Å². The fourth-order valence-corrected chi connectivity index (χ4v) is 4.05. The second-order valence-corrected chi connectivity index (χ2v) is 9.56. The van der Waals surface area contributed by atoms with Crippen molar-refractivity contribution < 1.29 is 79.6 Å². The van der Waals surface area contributed by atoms with Crippen molar-refractivity contribution in [2.75, 3.05) is 0 Å². The van der Waals surface area contributed by atoms with E-state index < -0.39 is 0 Å². The zero-order valence-electron chi connectivity index (χ0n) is 23.3. The van der Waals surface area contributed by atoms with E-state index in [1.807, 2.05) is 13.8 Å². The second kappa shape index (κ2) is 31.2. The fourth-order valence-electron chi connectivity index (χ4n) is 4.05. The molecule has 0 aliphatic heterocycles. The predicted molar refractivity (Wildman–Crippen MR) is 135 cm³/mol. The summed E-state index contributed by atoms with van der Waals surface area (Å²) in [7, 11) is 0. The maximum absolute atomic E-state index is 10.5. The van der Waals surface area contributed by atoms with Crippen LogP contribution in [0.15, 0.2) is 0 Å². The van der Waals surface area contributed by atoms with Gasteiger partial charge in [0.2, 0.25) is 0 Å². The average Bonchev–Trinajstić information content (AvgIpc) is 3.40. The molecule has 0 N–H and O–H groups in total. The topological polar surface area (TPSA) is 17.1 Å². The molecule has 0 aromatic heterocycles. The van der Waals surface area contributed by atoms with E-state index in [4.69, 9.17) is 0 Å². The van der Waals surface area contributed by atoms with E-state index in [1.165, 1.54) is 51.4 Å². The minimum absolute atomic E-state index is 0. The molecule has 0 atom stereocenters. The van der Waals surface area contributed by atoms with Gasteiger partial charge in [0, 0.05) is 66.6 Å². The van der Waals surface area contributed by atoms with Gasteiger partial charge in [0.05, 0.1) is 0 Å². The summed E-state index contributed by atoms with van der Waals surface area (Å²) in [6, 6.07) is 0. The molecule has 1 radical (unpaired) electrons. The van der Waals surface area contributed by atoms with Gasteiger partial charge in [-0.1, -0.05) is 106 Å². The van der Waals surface area contributed by atoms with Crippen LogP contribution in [0.2, 0.25) is 0 Å². The molecule has 4 fully saturated rings. The summed E-state index contributed by atoms with van der Waals surface area (Å²) < 4.78 is 0. The molecule has 0 unspecified atom stereocenters. The SMILES string of the molecule is C1CCC2CCCCC2C1.CC.CC1(C)CC1.CCC.O=C1CCCCC1.[CH3-].[CH3-].[W+2].[W].[Y]. The van der Waals surface area contributed by atoms with Crippen molar-refractivity contribution in [2.24, 2.45) is 17.3 Å². The molecule has 0 aromatic carbocycles. The third kappa shape index (κ3) is 28.4. The van der Waals surface area contributed by atoms with Crippen molar-refractivity contribution in [3.63, 3.8) is 0 Å². The van der Waals surface area contributed by atoms with Gasteiger partial charge in [0.1, 0.15) is 5.78 Å². The van der Waals surface area contributed by atoms with Crippen LogP contribution in [0.5, 0.6) is 0 Å². The molecule has 1 nitrogen and oxygen atoms in total. The summed E-state index contributed by atoms with van der Waals surface area (Å²) >= 11 is 0. The normalized spacial score (nSPS) is 23.1. The summed E-state index contributed by atoms with van der Waals surface area (Å²) in [5, 5.41) is 0. The number of carbonyl (C=O) groups is 1. The van der Waals surface area contributed by atoms with Gasteiger partial charge in [-0.3, -0.25) is 4.79 Å². The van der Waals surface area contributed by atoms with Crippen LogP contribution in [0.1, 0.15) is 144 Å². The summed E-state index contributed by atoms with van der Waals surface area (Å²) in [6.45, 7) is 12.8. The van der Waals surface area contributed by atoms with E-state index in [1.54, 1.807) is 25.7 Å². The van der Waals surface area contributed by atoms with Crippen LogP contribution in [0, 0.1) is 32.1 Å². The molecule has 4 rings (SSSR count). The Labute approximate surface area is 259 Å². The summed E-state index contributed by atoms with van der Waals surface area (Å²) in [6.07, 6.45) is 21.7. The Bertz CT molecular complexity index is 321. The second-order valence-electron chi connectivity index (χ2n) is 9.56. The summed E-state index contributed by atoms with van der Waals surface area (Å²) in [5.41, 5.74) is 0.750. The predicted octanol–water partition coefficient (Wildman–Crippen LogP) is 10.0. The Balaban J connectivity index is -0.0000000694. The van der Waals surface area contributed by atoms with Crippen molar-refractivity contribution in [2.45, 2.75) is 144 Å². The van der Waals surface area contributed by atoms with E-state index in [-0.39, 0.29) is 89.7 Å². The Hall–Kier alpha value is 2.15. The van der Waals surface area contributed by atoms with Crippen molar-refractivity contribution in [3.05, 3.63) is 14.9 Å². The van der Waals surface area contributed by atoms with Crippen molar-refractivity contribution in [3.8, 4) is 0 Å². The van der Waals surface area contributed by atoms with Gasteiger partial charge in [-0.05, 0) is 42.9 Å². The van der Waals surface area contributed by atoms with Crippen LogP contribution in [0.25, 0.3) is 0 Å². The smallest absolute Gasteiger partial charge is 0.358 e. The number of fused-ring (bicyclic) bond motifs is 1. The zero-order valence-corrected chi connectivity index (χ0v) is 32.0. The monoisotopic (exact) mass is 867 g/mol. The molecule has 0 bridgehead atoms. The number of ketones is 1. The van der Waals surface area contributed by atoms with Gasteiger partial charge in [-0.15, -0.1) is 0 Å². The maximum Gasteiger partial charge on any atom is 2.00 e. The van der Waals surface area contributed by atoms with E-state index >= 15 is 0 Å². The van der Waals surface area contributed by atoms with Gasteiger partial charge in [-0.25, -0.2) is 0 Å². The first-order valence-electron chi connectivity index (χ1n) is 12.5. The van der Waals surface area contributed by atoms with E-state index in [0.717, 1.165) is 42.9 Å². The molecule has 0 aromatic rings. The van der Waals surface area contributed by atoms with E-state index in [2.05, 4.69) is 27.7 Å². The van der Waals surface area contributed by atoms with Crippen LogP contribution < -0.4 is 0 Å². The largest absolute Gasteiger partial charge is 2.00 e. The first kappa shape index (κ1) is 47.4. The molecular formula is C28H58OW2Y. The third-order valence-electron chi connectivity index (χ3n) is 6.13. The van der Waals surface area contributed by atoms with Crippen molar-refractivity contribution in [1.82, 2.24) is 0 Å². The van der Waals surface area contributed by atoms with Crippen LogP contribution >= 0.6 is 0 Å². The van der Waals surface area contributed by atoms with Gasteiger partial charge in [-0.2, -0.15) is 0 Å². The van der Waals surface area contributed by atoms with Crippen molar-refractivity contribution >= 4 is 5.78 Å². The molecule has 0 saturated heterocycles. The van der Waals surface area contributed by atoms with Gasteiger partial charge in [0.15, 0.2) is 0 Å². The minimum Gasteiger partial charge on any atom is -0.358 e. The molecule has 0 spiro atoms.